The van der Waals surface area contributed by atoms with Gasteiger partial charge in [-0.05, 0) is 18.2 Å². The molecule has 0 spiro atoms. The van der Waals surface area contributed by atoms with Crippen LogP contribution in [0.1, 0.15) is 5.82 Å². The van der Waals surface area contributed by atoms with Gasteiger partial charge in [-0.1, -0.05) is 0 Å². The molecule has 16 heavy (non-hydrogen) atoms. The fraction of sp³-hybridized carbons (Fsp3) is 0.100. The van der Waals surface area contributed by atoms with Crippen molar-refractivity contribution in [2.75, 3.05) is 0 Å². The summed E-state index contributed by atoms with van der Waals surface area (Å²) in [5.74, 6) is 1.09. The maximum atomic E-state index is 5.79. The van der Waals surface area contributed by atoms with Crippen LogP contribution in [0.15, 0.2) is 30.0 Å². The van der Waals surface area contributed by atoms with Gasteiger partial charge in [0.05, 0.1) is 21.6 Å². The van der Waals surface area contributed by atoms with Crippen LogP contribution in [0.2, 0.25) is 0 Å². The fourth-order valence-corrected chi connectivity index (χ4v) is 2.45. The predicted molar refractivity (Wildman–Crippen MR) is 64.1 cm³/mol. The lowest BCUT2D eigenvalue weighted by atomic mass is 10.3. The first kappa shape index (κ1) is 9.74. The Hall–Kier alpha value is -1.46. The molecule has 80 valence electrons. The van der Waals surface area contributed by atoms with Crippen molar-refractivity contribution in [2.24, 2.45) is 0 Å². The smallest absolute Gasteiger partial charge is 0.152 e. The van der Waals surface area contributed by atoms with Gasteiger partial charge in [0.2, 0.25) is 0 Å². The molecule has 0 atom stereocenters. The predicted octanol–water partition coefficient (Wildman–Crippen LogP) is 2.62. The van der Waals surface area contributed by atoms with E-state index in [1.165, 1.54) is 0 Å². The second-order valence-electron chi connectivity index (χ2n) is 3.26. The highest BCUT2D eigenvalue weighted by molar-refractivity contribution is 7.16. The van der Waals surface area contributed by atoms with E-state index in [-0.39, 0.29) is 0 Å². The van der Waals surface area contributed by atoms with Crippen molar-refractivity contribution < 1.29 is 0 Å². The van der Waals surface area contributed by atoms with Crippen LogP contribution < -0.4 is 0 Å². The molecule has 0 aliphatic carbocycles. The first-order chi connectivity index (χ1) is 7.88. The van der Waals surface area contributed by atoms with Gasteiger partial charge in [-0.2, -0.15) is 0 Å². The molecule has 0 saturated heterocycles. The summed E-state index contributed by atoms with van der Waals surface area (Å²) in [6, 6.07) is 6.03. The van der Waals surface area contributed by atoms with E-state index in [2.05, 4.69) is 21.2 Å². The molecule has 0 fully saturated rings. The summed E-state index contributed by atoms with van der Waals surface area (Å²) in [4.78, 5) is 4.24. The molecule has 3 aromatic rings. The molecular weight excluding hydrogens is 244 g/mol. The molecule has 0 aliphatic rings. The highest BCUT2D eigenvalue weighted by Gasteiger charge is 2.06. The zero-order valence-corrected chi connectivity index (χ0v) is 9.74. The van der Waals surface area contributed by atoms with E-state index in [4.69, 9.17) is 11.6 Å². The SMILES string of the molecule is ClCc1nncn1-c1ccc2ncsc2c1. The summed E-state index contributed by atoms with van der Waals surface area (Å²) in [7, 11) is 0. The topological polar surface area (TPSA) is 43.6 Å². The van der Waals surface area contributed by atoms with Gasteiger partial charge in [-0.25, -0.2) is 4.98 Å². The molecule has 0 unspecified atom stereocenters. The first-order valence-electron chi connectivity index (χ1n) is 4.67. The van der Waals surface area contributed by atoms with E-state index < -0.39 is 0 Å². The number of alkyl halides is 1. The minimum Gasteiger partial charge on any atom is -0.285 e. The van der Waals surface area contributed by atoms with E-state index in [9.17, 15) is 0 Å². The summed E-state index contributed by atoms with van der Waals surface area (Å²) >= 11 is 7.40. The molecule has 0 aliphatic heterocycles. The summed E-state index contributed by atoms with van der Waals surface area (Å²) < 4.78 is 3.03. The van der Waals surface area contributed by atoms with Crippen molar-refractivity contribution >= 4 is 33.2 Å². The number of thiazole rings is 1. The van der Waals surface area contributed by atoms with Crippen LogP contribution in [0.25, 0.3) is 15.9 Å². The van der Waals surface area contributed by atoms with Gasteiger partial charge >= 0.3 is 0 Å². The monoisotopic (exact) mass is 250 g/mol. The Morgan fingerprint density at radius 1 is 1.38 bits per heavy atom. The largest absolute Gasteiger partial charge is 0.285 e. The number of aromatic nitrogens is 4. The third-order valence-corrected chi connectivity index (χ3v) is 3.36. The van der Waals surface area contributed by atoms with Crippen LogP contribution in [0.3, 0.4) is 0 Å². The molecule has 3 rings (SSSR count). The zero-order valence-electron chi connectivity index (χ0n) is 8.17. The van der Waals surface area contributed by atoms with E-state index in [1.807, 2.05) is 22.2 Å². The van der Waals surface area contributed by atoms with E-state index in [1.54, 1.807) is 17.7 Å². The van der Waals surface area contributed by atoms with Crippen LogP contribution in [-0.4, -0.2) is 19.7 Å². The minimum atomic E-state index is 0.348. The molecule has 0 saturated carbocycles. The average Bonchev–Trinajstić information content (AvgIpc) is 2.96. The Morgan fingerprint density at radius 2 is 2.31 bits per heavy atom. The highest BCUT2D eigenvalue weighted by atomic mass is 35.5. The van der Waals surface area contributed by atoms with Crippen molar-refractivity contribution in [3.05, 3.63) is 35.9 Å². The maximum absolute atomic E-state index is 5.79. The van der Waals surface area contributed by atoms with Gasteiger partial charge in [0.15, 0.2) is 5.82 Å². The van der Waals surface area contributed by atoms with E-state index in [0.717, 1.165) is 21.7 Å². The second kappa shape index (κ2) is 3.84. The number of benzene rings is 1. The van der Waals surface area contributed by atoms with Gasteiger partial charge < -0.3 is 0 Å². The van der Waals surface area contributed by atoms with Crippen molar-refractivity contribution in [1.29, 1.82) is 0 Å². The van der Waals surface area contributed by atoms with Gasteiger partial charge in [-0.15, -0.1) is 33.1 Å². The number of rotatable bonds is 2. The van der Waals surface area contributed by atoms with Crippen LogP contribution in [0.5, 0.6) is 0 Å². The Labute approximate surface area is 101 Å². The number of halogens is 1. The van der Waals surface area contributed by atoms with Gasteiger partial charge in [0.25, 0.3) is 0 Å². The Balaban J connectivity index is 2.18. The quantitative estimate of drug-likeness (QED) is 0.657. The number of fused-ring (bicyclic) bond motifs is 1. The lowest BCUT2D eigenvalue weighted by Gasteiger charge is -2.03. The lowest BCUT2D eigenvalue weighted by Crippen LogP contribution is -1.97. The van der Waals surface area contributed by atoms with E-state index in [0.29, 0.717) is 5.88 Å². The second-order valence-corrected chi connectivity index (χ2v) is 4.41. The molecule has 2 heterocycles. The van der Waals surface area contributed by atoms with Crippen LogP contribution in [0.4, 0.5) is 0 Å². The van der Waals surface area contributed by atoms with Gasteiger partial charge in [0.1, 0.15) is 6.33 Å². The Morgan fingerprint density at radius 3 is 3.19 bits per heavy atom. The lowest BCUT2D eigenvalue weighted by molar-refractivity contribution is 0.952. The number of hydrogen-bond acceptors (Lipinski definition) is 4. The van der Waals surface area contributed by atoms with Gasteiger partial charge in [-0.3, -0.25) is 4.57 Å². The molecule has 0 amide bonds. The van der Waals surface area contributed by atoms with Crippen LogP contribution in [0, 0.1) is 0 Å². The summed E-state index contributed by atoms with van der Waals surface area (Å²) in [5, 5.41) is 7.80. The van der Waals surface area contributed by atoms with Crippen molar-refractivity contribution in [3.63, 3.8) is 0 Å². The Kier molecular flexibility index (Phi) is 2.34. The third kappa shape index (κ3) is 1.48. The molecule has 0 radical (unpaired) electrons. The summed E-state index contributed by atoms with van der Waals surface area (Å²) in [5.41, 5.74) is 3.86. The normalized spacial score (nSPS) is 11.1. The minimum absolute atomic E-state index is 0.348. The Bertz CT molecular complexity index is 630. The maximum Gasteiger partial charge on any atom is 0.152 e. The standard InChI is InChI=1S/C10H7ClN4S/c11-4-10-14-13-5-15(10)7-1-2-8-9(3-7)16-6-12-8/h1-3,5-6H,4H2. The average molecular weight is 251 g/mol. The molecular formula is C10H7ClN4S. The molecule has 0 N–H and O–H groups in total. The third-order valence-electron chi connectivity index (χ3n) is 2.33. The van der Waals surface area contributed by atoms with Crippen molar-refractivity contribution in [3.8, 4) is 5.69 Å². The fourth-order valence-electron chi connectivity index (χ4n) is 1.56. The molecule has 6 heteroatoms. The highest BCUT2D eigenvalue weighted by Crippen LogP contribution is 2.21. The molecule has 1 aromatic carbocycles. The molecule has 4 nitrogen and oxygen atoms in total. The van der Waals surface area contributed by atoms with Crippen LogP contribution in [-0.2, 0) is 5.88 Å². The van der Waals surface area contributed by atoms with Gasteiger partial charge in [0, 0.05) is 5.69 Å². The summed E-state index contributed by atoms with van der Waals surface area (Å²) in [6.07, 6.45) is 1.67. The zero-order chi connectivity index (χ0) is 11.0. The molecule has 0 bridgehead atoms. The van der Waals surface area contributed by atoms with Crippen molar-refractivity contribution in [2.45, 2.75) is 5.88 Å². The molecule has 2 aromatic heterocycles. The number of hydrogen-bond donors (Lipinski definition) is 0. The number of nitrogens with zero attached hydrogens (tertiary/aromatic N) is 4. The van der Waals surface area contributed by atoms with E-state index >= 15 is 0 Å². The summed E-state index contributed by atoms with van der Waals surface area (Å²) in [6.45, 7) is 0. The van der Waals surface area contributed by atoms with Crippen LogP contribution >= 0.6 is 22.9 Å². The van der Waals surface area contributed by atoms with Crippen molar-refractivity contribution in [1.82, 2.24) is 19.7 Å². The first-order valence-corrected chi connectivity index (χ1v) is 6.08.